The van der Waals surface area contributed by atoms with Crippen LogP contribution in [0.15, 0.2) is 48.5 Å². The van der Waals surface area contributed by atoms with Crippen LogP contribution in [0.1, 0.15) is 43.4 Å². The zero-order valence-electron chi connectivity index (χ0n) is 17.9. The molecule has 164 valence electrons. The molecule has 2 heterocycles. The second-order valence-corrected chi connectivity index (χ2v) is 7.52. The SMILES string of the molecule is Cc1nn(Cc2ccc(C#N)cc2)c(C)c1NC(=O)c1cc(C(N)=O)c2c(F)cccc2n1. The van der Waals surface area contributed by atoms with Gasteiger partial charge in [-0.2, -0.15) is 10.4 Å². The van der Waals surface area contributed by atoms with Crippen molar-refractivity contribution < 1.29 is 14.0 Å². The molecule has 0 bridgehead atoms. The van der Waals surface area contributed by atoms with Crippen molar-refractivity contribution in [2.45, 2.75) is 20.4 Å². The van der Waals surface area contributed by atoms with Gasteiger partial charge in [0.1, 0.15) is 11.5 Å². The number of hydrogen-bond donors (Lipinski definition) is 2. The first-order valence-corrected chi connectivity index (χ1v) is 10.0. The minimum atomic E-state index is -0.857. The van der Waals surface area contributed by atoms with Gasteiger partial charge in [0.25, 0.3) is 5.91 Å². The van der Waals surface area contributed by atoms with E-state index in [1.165, 1.54) is 24.3 Å². The summed E-state index contributed by atoms with van der Waals surface area (Å²) in [5, 5.41) is 16.2. The predicted molar refractivity (Wildman–Crippen MR) is 120 cm³/mol. The van der Waals surface area contributed by atoms with Gasteiger partial charge in [0.15, 0.2) is 0 Å². The van der Waals surface area contributed by atoms with Gasteiger partial charge < -0.3 is 11.1 Å². The van der Waals surface area contributed by atoms with Gasteiger partial charge in [0.2, 0.25) is 5.91 Å². The molecular weight excluding hydrogens is 423 g/mol. The molecular formula is C24H19FN6O2. The monoisotopic (exact) mass is 442 g/mol. The van der Waals surface area contributed by atoms with Crippen molar-refractivity contribution in [3.63, 3.8) is 0 Å². The van der Waals surface area contributed by atoms with E-state index in [9.17, 15) is 14.0 Å². The molecule has 2 aromatic carbocycles. The topological polar surface area (TPSA) is 127 Å². The van der Waals surface area contributed by atoms with E-state index in [0.717, 1.165) is 5.56 Å². The van der Waals surface area contributed by atoms with Crippen molar-refractivity contribution in [1.82, 2.24) is 14.8 Å². The van der Waals surface area contributed by atoms with Crippen LogP contribution in [0, 0.1) is 31.0 Å². The molecule has 3 N–H and O–H groups in total. The number of nitrogens with zero attached hydrogens (tertiary/aromatic N) is 4. The van der Waals surface area contributed by atoms with Gasteiger partial charge in [0, 0.05) is 5.39 Å². The molecule has 0 unspecified atom stereocenters. The molecule has 0 aliphatic carbocycles. The third kappa shape index (κ3) is 4.14. The highest BCUT2D eigenvalue weighted by Gasteiger charge is 2.20. The number of carbonyl (C=O) groups is 2. The molecule has 8 nitrogen and oxygen atoms in total. The summed E-state index contributed by atoms with van der Waals surface area (Å²) in [5.74, 6) is -2.08. The number of rotatable bonds is 5. The van der Waals surface area contributed by atoms with E-state index in [0.29, 0.717) is 29.2 Å². The summed E-state index contributed by atoms with van der Waals surface area (Å²) in [6.45, 7) is 4.03. The Kier molecular flexibility index (Phi) is 5.58. The Morgan fingerprint density at radius 3 is 2.58 bits per heavy atom. The third-order valence-electron chi connectivity index (χ3n) is 5.32. The largest absolute Gasteiger partial charge is 0.366 e. The highest BCUT2D eigenvalue weighted by Crippen LogP contribution is 2.24. The van der Waals surface area contributed by atoms with Crippen LogP contribution in [0.25, 0.3) is 10.9 Å². The van der Waals surface area contributed by atoms with E-state index in [1.807, 2.05) is 19.1 Å². The van der Waals surface area contributed by atoms with Crippen molar-refractivity contribution in [2.75, 3.05) is 5.32 Å². The zero-order valence-corrected chi connectivity index (χ0v) is 17.9. The first-order valence-electron chi connectivity index (χ1n) is 10.0. The number of amides is 2. The minimum Gasteiger partial charge on any atom is -0.366 e. The molecule has 2 aromatic heterocycles. The van der Waals surface area contributed by atoms with Crippen LogP contribution in [-0.2, 0) is 6.54 Å². The number of nitrogens with one attached hydrogen (secondary N) is 1. The van der Waals surface area contributed by atoms with Crippen molar-refractivity contribution in [1.29, 1.82) is 5.26 Å². The molecule has 2 amide bonds. The van der Waals surface area contributed by atoms with E-state index in [-0.39, 0.29) is 22.2 Å². The zero-order chi connectivity index (χ0) is 23.7. The lowest BCUT2D eigenvalue weighted by atomic mass is 10.1. The Balaban J connectivity index is 1.64. The maximum atomic E-state index is 14.2. The molecule has 0 radical (unpaired) electrons. The van der Waals surface area contributed by atoms with Gasteiger partial charge in [0.05, 0.1) is 46.3 Å². The Morgan fingerprint density at radius 1 is 1.18 bits per heavy atom. The number of aromatic nitrogens is 3. The first-order chi connectivity index (χ1) is 15.8. The summed E-state index contributed by atoms with van der Waals surface area (Å²) < 4.78 is 16.0. The van der Waals surface area contributed by atoms with Crippen LogP contribution in [0.3, 0.4) is 0 Å². The molecule has 4 aromatic rings. The number of fused-ring (bicyclic) bond motifs is 1. The molecule has 0 saturated carbocycles. The van der Waals surface area contributed by atoms with Gasteiger partial charge in [-0.1, -0.05) is 18.2 Å². The standard InChI is InChI=1S/C24H19FN6O2/c1-13-22(14(2)31(30-13)12-16-8-6-15(11-26)7-9-16)29-24(33)20-10-17(23(27)32)21-18(25)4-3-5-19(21)28-20/h3-10H,12H2,1-2H3,(H2,27,32)(H,29,33). The third-order valence-corrected chi connectivity index (χ3v) is 5.32. The summed E-state index contributed by atoms with van der Waals surface area (Å²) in [6.07, 6.45) is 0. The lowest BCUT2D eigenvalue weighted by Crippen LogP contribution is -2.18. The first kappa shape index (κ1) is 21.6. The van der Waals surface area contributed by atoms with E-state index in [2.05, 4.69) is 21.5 Å². The smallest absolute Gasteiger partial charge is 0.274 e. The Labute approximate surface area is 188 Å². The van der Waals surface area contributed by atoms with Crippen LogP contribution in [-0.4, -0.2) is 26.6 Å². The average Bonchev–Trinajstić information content (AvgIpc) is 3.06. The summed E-state index contributed by atoms with van der Waals surface area (Å²) >= 11 is 0. The second-order valence-electron chi connectivity index (χ2n) is 7.52. The highest BCUT2D eigenvalue weighted by atomic mass is 19.1. The van der Waals surface area contributed by atoms with E-state index < -0.39 is 17.6 Å². The highest BCUT2D eigenvalue weighted by molar-refractivity contribution is 6.10. The van der Waals surface area contributed by atoms with Crippen LogP contribution in [0.2, 0.25) is 0 Å². The van der Waals surface area contributed by atoms with Gasteiger partial charge in [-0.25, -0.2) is 9.37 Å². The fraction of sp³-hybridized carbons (Fsp3) is 0.125. The number of primary amides is 1. The lowest BCUT2D eigenvalue weighted by Gasteiger charge is -2.10. The van der Waals surface area contributed by atoms with E-state index in [4.69, 9.17) is 11.0 Å². The molecule has 0 aliphatic rings. The number of benzene rings is 2. The number of anilines is 1. The van der Waals surface area contributed by atoms with Gasteiger partial charge in [-0.3, -0.25) is 14.3 Å². The molecule has 33 heavy (non-hydrogen) atoms. The van der Waals surface area contributed by atoms with E-state index >= 15 is 0 Å². The molecule has 9 heteroatoms. The maximum Gasteiger partial charge on any atom is 0.274 e. The lowest BCUT2D eigenvalue weighted by molar-refractivity contribution is 0.100. The fourth-order valence-electron chi connectivity index (χ4n) is 3.62. The van der Waals surface area contributed by atoms with Crippen molar-refractivity contribution in [2.24, 2.45) is 5.73 Å². The predicted octanol–water partition coefficient (Wildman–Crippen LogP) is 3.46. The van der Waals surface area contributed by atoms with Crippen molar-refractivity contribution >= 4 is 28.4 Å². The van der Waals surface area contributed by atoms with E-state index in [1.54, 1.807) is 23.7 Å². The molecule has 0 aliphatic heterocycles. The summed E-state index contributed by atoms with van der Waals surface area (Å²) in [5.41, 5.74) is 8.72. The number of halogens is 1. The normalized spacial score (nSPS) is 10.7. The molecule has 0 fully saturated rings. The van der Waals surface area contributed by atoms with Gasteiger partial charge in [-0.15, -0.1) is 0 Å². The molecule has 0 saturated heterocycles. The quantitative estimate of drug-likeness (QED) is 0.489. The number of nitriles is 1. The molecule has 0 atom stereocenters. The Hall–Kier alpha value is -4.58. The van der Waals surface area contributed by atoms with Gasteiger partial charge >= 0.3 is 0 Å². The summed E-state index contributed by atoms with van der Waals surface area (Å²) in [6, 6.07) is 14.6. The summed E-state index contributed by atoms with van der Waals surface area (Å²) in [7, 11) is 0. The van der Waals surface area contributed by atoms with Crippen molar-refractivity contribution in [3.05, 3.63) is 88.1 Å². The Bertz CT molecular complexity index is 1450. The van der Waals surface area contributed by atoms with Crippen LogP contribution in [0.4, 0.5) is 10.1 Å². The van der Waals surface area contributed by atoms with Crippen molar-refractivity contribution in [3.8, 4) is 6.07 Å². The number of hydrogen-bond acceptors (Lipinski definition) is 5. The van der Waals surface area contributed by atoms with Crippen LogP contribution >= 0.6 is 0 Å². The average molecular weight is 442 g/mol. The van der Waals surface area contributed by atoms with Crippen LogP contribution < -0.4 is 11.1 Å². The van der Waals surface area contributed by atoms with Crippen LogP contribution in [0.5, 0.6) is 0 Å². The molecule has 4 rings (SSSR count). The van der Waals surface area contributed by atoms with Gasteiger partial charge in [-0.05, 0) is 49.7 Å². The number of pyridine rings is 1. The molecule has 0 spiro atoms. The summed E-state index contributed by atoms with van der Waals surface area (Å²) in [4.78, 5) is 29.1. The second kappa shape index (κ2) is 8.51. The maximum absolute atomic E-state index is 14.2. The number of carbonyl (C=O) groups excluding carboxylic acids is 2. The fourth-order valence-corrected chi connectivity index (χ4v) is 3.62. The Morgan fingerprint density at radius 2 is 1.91 bits per heavy atom. The minimum absolute atomic E-state index is 0.0239. The number of aryl methyl sites for hydroxylation is 1. The number of nitrogens with two attached hydrogens (primary N) is 1.